The summed E-state index contributed by atoms with van der Waals surface area (Å²) >= 11 is 12.2. The number of phenolic OH excluding ortho intramolecular Hbond substituents is 1. The molecule has 0 saturated heterocycles. The Hall–Kier alpha value is -3.70. The molecule has 0 spiro atoms. The molecule has 0 atom stereocenters. The van der Waals surface area contributed by atoms with Crippen molar-refractivity contribution in [2.45, 2.75) is 18.2 Å². The minimum absolute atomic E-state index is 0.0108. The molecule has 4 aromatic rings. The van der Waals surface area contributed by atoms with Crippen molar-refractivity contribution in [3.05, 3.63) is 81.8 Å². The zero-order valence-corrected chi connectivity index (χ0v) is 22.4. The second-order valence-corrected chi connectivity index (χ2v) is 10.3. The third-order valence-electron chi connectivity index (χ3n) is 5.67. The summed E-state index contributed by atoms with van der Waals surface area (Å²) in [6.07, 6.45) is 0.365. The van der Waals surface area contributed by atoms with Crippen LogP contribution in [0, 0.1) is 0 Å². The first-order valence-corrected chi connectivity index (χ1v) is 13.3. The van der Waals surface area contributed by atoms with E-state index in [-0.39, 0.29) is 22.0 Å². The SMILES string of the molecule is CCc1cc(N=Nc2c(O)c(C(=O)Nc3ccc(Cl)c(OC)c3)cc3ccccc23)cc(S(=O)(=O)O)c1Cl. The van der Waals surface area contributed by atoms with Gasteiger partial charge in [0.25, 0.3) is 16.0 Å². The van der Waals surface area contributed by atoms with Crippen LogP contribution in [0.1, 0.15) is 22.8 Å². The lowest BCUT2D eigenvalue weighted by Crippen LogP contribution is -2.12. The van der Waals surface area contributed by atoms with Crippen LogP contribution in [0.25, 0.3) is 10.8 Å². The summed E-state index contributed by atoms with van der Waals surface area (Å²) in [7, 11) is -3.18. The van der Waals surface area contributed by atoms with E-state index in [0.29, 0.717) is 39.2 Å². The van der Waals surface area contributed by atoms with Crippen LogP contribution in [-0.4, -0.2) is 31.1 Å². The number of azo groups is 1. The Bertz CT molecular complexity index is 1710. The highest BCUT2D eigenvalue weighted by atomic mass is 35.5. The number of nitrogens with one attached hydrogen (secondary N) is 1. The van der Waals surface area contributed by atoms with Gasteiger partial charge >= 0.3 is 0 Å². The molecule has 0 bridgehead atoms. The fourth-order valence-electron chi connectivity index (χ4n) is 3.78. The standard InChI is InChI=1S/C26H21Cl2N3O6S/c1-3-14-10-17(13-22(23(14)28)38(34,35)36)30-31-24-18-7-5-4-6-15(18)11-19(25(24)32)26(33)29-16-8-9-20(27)21(12-16)37-2/h4-13,32H,3H2,1-2H3,(H,29,33)(H,34,35,36). The quantitative estimate of drug-likeness (QED) is 0.156. The lowest BCUT2D eigenvalue weighted by Gasteiger charge is -2.12. The molecule has 0 unspecified atom stereocenters. The maximum absolute atomic E-state index is 13.1. The van der Waals surface area contributed by atoms with E-state index < -0.39 is 26.7 Å². The number of methoxy groups -OCH3 is 1. The average molecular weight is 574 g/mol. The van der Waals surface area contributed by atoms with Crippen LogP contribution in [0.3, 0.4) is 0 Å². The minimum Gasteiger partial charge on any atom is -0.505 e. The van der Waals surface area contributed by atoms with Crippen molar-refractivity contribution in [3.8, 4) is 11.5 Å². The number of ether oxygens (including phenoxy) is 1. The third-order valence-corrected chi connectivity index (χ3v) is 7.42. The van der Waals surface area contributed by atoms with E-state index in [4.69, 9.17) is 27.9 Å². The van der Waals surface area contributed by atoms with E-state index >= 15 is 0 Å². The fraction of sp³-hybridized carbons (Fsp3) is 0.115. The molecule has 0 saturated carbocycles. The Morgan fingerprint density at radius 2 is 1.79 bits per heavy atom. The highest BCUT2D eigenvalue weighted by Gasteiger charge is 2.21. The Morgan fingerprint density at radius 3 is 2.47 bits per heavy atom. The fourth-order valence-corrected chi connectivity index (χ4v) is 5.13. The van der Waals surface area contributed by atoms with Crippen LogP contribution in [0.2, 0.25) is 10.0 Å². The van der Waals surface area contributed by atoms with Gasteiger partial charge in [0.1, 0.15) is 16.3 Å². The highest BCUT2D eigenvalue weighted by Crippen LogP contribution is 2.40. The number of benzene rings is 4. The van der Waals surface area contributed by atoms with Crippen LogP contribution in [-0.2, 0) is 16.5 Å². The molecule has 4 rings (SSSR count). The van der Waals surface area contributed by atoms with Gasteiger partial charge in [0.05, 0.1) is 28.4 Å². The molecule has 12 heteroatoms. The zero-order chi connectivity index (χ0) is 27.6. The number of amides is 1. The number of rotatable bonds is 7. The number of phenols is 1. The van der Waals surface area contributed by atoms with Gasteiger partial charge in [-0.3, -0.25) is 9.35 Å². The predicted octanol–water partition coefficient (Wildman–Crippen LogP) is 7.34. The highest BCUT2D eigenvalue weighted by molar-refractivity contribution is 7.86. The van der Waals surface area contributed by atoms with E-state index in [1.54, 1.807) is 43.3 Å². The van der Waals surface area contributed by atoms with Gasteiger partial charge in [0.15, 0.2) is 5.75 Å². The Morgan fingerprint density at radius 1 is 1.05 bits per heavy atom. The van der Waals surface area contributed by atoms with Gasteiger partial charge in [-0.05, 0) is 47.7 Å². The molecule has 0 aliphatic heterocycles. The first-order valence-electron chi connectivity index (χ1n) is 11.1. The molecule has 0 aromatic heterocycles. The van der Waals surface area contributed by atoms with Crippen molar-refractivity contribution in [1.29, 1.82) is 0 Å². The molecule has 4 aromatic carbocycles. The van der Waals surface area contributed by atoms with Crippen LogP contribution in [0.5, 0.6) is 11.5 Å². The summed E-state index contributed by atoms with van der Waals surface area (Å²) in [6.45, 7) is 1.76. The molecule has 0 heterocycles. The van der Waals surface area contributed by atoms with Crippen LogP contribution in [0.15, 0.2) is 75.8 Å². The summed E-state index contributed by atoms with van der Waals surface area (Å²) in [4.78, 5) is 12.6. The number of nitrogens with zero attached hydrogens (tertiary/aromatic N) is 2. The predicted molar refractivity (Wildman–Crippen MR) is 146 cm³/mol. The van der Waals surface area contributed by atoms with Gasteiger partial charge in [0, 0.05) is 17.1 Å². The van der Waals surface area contributed by atoms with Crippen molar-refractivity contribution < 1.29 is 27.6 Å². The van der Waals surface area contributed by atoms with Crippen molar-refractivity contribution in [2.24, 2.45) is 10.2 Å². The van der Waals surface area contributed by atoms with E-state index in [1.807, 2.05) is 0 Å². The molecule has 38 heavy (non-hydrogen) atoms. The van der Waals surface area contributed by atoms with Crippen molar-refractivity contribution in [3.63, 3.8) is 0 Å². The lowest BCUT2D eigenvalue weighted by atomic mass is 10.0. The summed E-state index contributed by atoms with van der Waals surface area (Å²) in [5.74, 6) is -0.701. The van der Waals surface area contributed by atoms with Gasteiger partial charge in [-0.25, -0.2) is 0 Å². The molecule has 0 aliphatic rings. The Kier molecular flexibility index (Phi) is 7.89. The zero-order valence-electron chi connectivity index (χ0n) is 20.1. The number of hydrogen-bond acceptors (Lipinski definition) is 7. The van der Waals surface area contributed by atoms with Gasteiger partial charge < -0.3 is 15.2 Å². The second kappa shape index (κ2) is 11.0. The van der Waals surface area contributed by atoms with E-state index in [2.05, 4.69) is 15.5 Å². The lowest BCUT2D eigenvalue weighted by molar-refractivity contribution is 0.102. The Labute approximate surface area is 228 Å². The number of aromatic hydroxyl groups is 1. The van der Waals surface area contributed by atoms with Gasteiger partial charge in [-0.1, -0.05) is 54.4 Å². The van der Waals surface area contributed by atoms with Gasteiger partial charge in [0.2, 0.25) is 0 Å². The number of carbonyl (C=O) groups is 1. The number of carbonyl (C=O) groups excluding carboxylic acids is 1. The van der Waals surface area contributed by atoms with Crippen LogP contribution >= 0.6 is 23.2 Å². The molecule has 0 aliphatic carbocycles. The van der Waals surface area contributed by atoms with E-state index in [0.717, 1.165) is 6.07 Å². The maximum atomic E-state index is 13.1. The van der Waals surface area contributed by atoms with Crippen molar-refractivity contribution >= 4 is 67.1 Å². The van der Waals surface area contributed by atoms with Crippen LogP contribution < -0.4 is 10.1 Å². The third kappa shape index (κ3) is 5.58. The Balaban J connectivity index is 1.80. The first-order chi connectivity index (χ1) is 18.0. The molecule has 0 fully saturated rings. The first kappa shape index (κ1) is 27.3. The maximum Gasteiger partial charge on any atom is 0.296 e. The van der Waals surface area contributed by atoms with Crippen LogP contribution in [0.4, 0.5) is 17.1 Å². The van der Waals surface area contributed by atoms with Crippen molar-refractivity contribution in [2.75, 3.05) is 12.4 Å². The number of halogens is 2. The molecule has 196 valence electrons. The normalized spacial score (nSPS) is 11.7. The summed E-state index contributed by atoms with van der Waals surface area (Å²) < 4.78 is 38.4. The second-order valence-electron chi connectivity index (χ2n) is 8.09. The number of aryl methyl sites for hydroxylation is 1. The molecule has 3 N–H and O–H groups in total. The smallest absolute Gasteiger partial charge is 0.296 e. The molecular formula is C26H21Cl2N3O6S. The van der Waals surface area contributed by atoms with E-state index in [9.17, 15) is 22.9 Å². The van der Waals surface area contributed by atoms with E-state index in [1.165, 1.54) is 25.3 Å². The molecule has 9 nitrogen and oxygen atoms in total. The average Bonchev–Trinajstić information content (AvgIpc) is 2.88. The summed E-state index contributed by atoms with van der Waals surface area (Å²) in [5.41, 5.74) is 0.804. The van der Waals surface area contributed by atoms with Crippen molar-refractivity contribution in [1.82, 2.24) is 0 Å². The molecular weight excluding hydrogens is 553 g/mol. The number of hydrogen-bond donors (Lipinski definition) is 3. The topological polar surface area (TPSA) is 138 Å². The largest absolute Gasteiger partial charge is 0.505 e. The number of anilines is 1. The van der Waals surface area contributed by atoms with Gasteiger partial charge in [-0.2, -0.15) is 13.5 Å². The van der Waals surface area contributed by atoms with Gasteiger partial charge in [-0.15, -0.1) is 5.11 Å². The molecule has 0 radical (unpaired) electrons. The molecule has 1 amide bonds. The summed E-state index contributed by atoms with van der Waals surface area (Å²) in [6, 6.07) is 15.7. The minimum atomic E-state index is -4.62. The summed E-state index contributed by atoms with van der Waals surface area (Å²) in [5, 5.41) is 23.4. The monoisotopic (exact) mass is 573 g/mol. The number of fused-ring (bicyclic) bond motifs is 1.